The third kappa shape index (κ3) is 3.74. The lowest BCUT2D eigenvalue weighted by atomic mass is 10.2. The zero-order valence-electron chi connectivity index (χ0n) is 12.3. The highest BCUT2D eigenvalue weighted by Crippen LogP contribution is 2.30. The molecule has 0 amide bonds. The van der Waals surface area contributed by atoms with Gasteiger partial charge in [0.05, 0.1) is 0 Å². The van der Waals surface area contributed by atoms with Crippen molar-refractivity contribution in [3.8, 4) is 0 Å². The number of rotatable bonds is 6. The van der Waals surface area contributed by atoms with Crippen molar-refractivity contribution in [1.29, 1.82) is 0 Å². The van der Waals surface area contributed by atoms with Crippen LogP contribution in [0, 0.1) is 5.82 Å². The Morgan fingerprint density at radius 2 is 2.24 bits per heavy atom. The van der Waals surface area contributed by atoms with E-state index in [1.165, 1.54) is 23.9 Å². The number of hydrogen-bond acceptors (Lipinski definition) is 4. The smallest absolute Gasteiger partial charge is 0.313 e. The predicted octanol–water partition coefficient (Wildman–Crippen LogP) is 2.55. The highest BCUT2D eigenvalue weighted by atomic mass is 32.2. The molecule has 0 fully saturated rings. The maximum absolute atomic E-state index is 13.4. The fraction of sp³-hybridized carbons (Fsp3) is 0.429. The van der Waals surface area contributed by atoms with Crippen LogP contribution in [0.1, 0.15) is 32.4 Å². The molecule has 0 saturated carbocycles. The molecule has 0 unspecified atom stereocenters. The maximum atomic E-state index is 13.4. The molecule has 1 heterocycles. The summed E-state index contributed by atoms with van der Waals surface area (Å²) in [6.07, 6.45) is 0. The van der Waals surface area contributed by atoms with Crippen LogP contribution in [0.4, 0.5) is 4.39 Å². The topological polar surface area (TPSA) is 62.7 Å². The van der Waals surface area contributed by atoms with Crippen LogP contribution in [-0.4, -0.2) is 21.3 Å². The van der Waals surface area contributed by atoms with Gasteiger partial charge in [-0.1, -0.05) is 6.92 Å². The van der Waals surface area contributed by atoms with E-state index in [-0.39, 0.29) is 17.5 Å². The molecule has 0 aliphatic rings. The molecule has 0 radical (unpaired) electrons. The summed E-state index contributed by atoms with van der Waals surface area (Å²) < 4.78 is 15.0. The summed E-state index contributed by atoms with van der Waals surface area (Å²) in [5.74, 6) is -0.268. The summed E-state index contributed by atoms with van der Waals surface area (Å²) in [4.78, 5) is 12.6. The van der Waals surface area contributed by atoms with Gasteiger partial charge in [0.1, 0.15) is 5.82 Å². The molecule has 2 aromatic rings. The highest BCUT2D eigenvalue weighted by Gasteiger charge is 2.14. The normalized spacial score (nSPS) is 11.3. The molecular formula is C14H19FN4OS. The molecule has 0 aliphatic heterocycles. The van der Waals surface area contributed by atoms with Gasteiger partial charge in [-0.3, -0.25) is 4.57 Å². The molecule has 1 aromatic carbocycles. The molecule has 2 N–H and O–H groups in total. The number of halogens is 1. The Balaban J connectivity index is 2.33. The Labute approximate surface area is 127 Å². The van der Waals surface area contributed by atoms with Gasteiger partial charge in [0, 0.05) is 17.5 Å². The predicted molar refractivity (Wildman–Crippen MR) is 81.1 cm³/mol. The zero-order valence-corrected chi connectivity index (χ0v) is 13.1. The van der Waals surface area contributed by atoms with Gasteiger partial charge in [0.25, 0.3) is 0 Å². The molecule has 1 aromatic heterocycles. The van der Waals surface area contributed by atoms with Crippen LogP contribution in [0.3, 0.4) is 0 Å². The minimum atomic E-state index is -0.268. The van der Waals surface area contributed by atoms with Crippen molar-refractivity contribution >= 4 is 11.8 Å². The number of aromatic amines is 1. The van der Waals surface area contributed by atoms with Crippen LogP contribution in [-0.2, 0) is 6.54 Å². The van der Waals surface area contributed by atoms with E-state index >= 15 is 0 Å². The van der Waals surface area contributed by atoms with E-state index < -0.39 is 0 Å². The molecule has 5 nitrogen and oxygen atoms in total. The molecule has 0 aliphatic carbocycles. The van der Waals surface area contributed by atoms with Crippen LogP contribution >= 0.6 is 11.8 Å². The molecule has 0 bridgehead atoms. The van der Waals surface area contributed by atoms with Gasteiger partial charge >= 0.3 is 5.69 Å². The first-order chi connectivity index (χ1) is 10.0. The molecule has 7 heteroatoms. The number of H-pyrrole nitrogens is 1. The summed E-state index contributed by atoms with van der Waals surface area (Å²) in [5.41, 5.74) is 0.621. The standard InChI is InChI=1S/C14H19FN4OS/c1-4-16-8-10-7-11(15)5-6-12(10)21-14-18-17-13(20)19(14)9(2)3/h5-7,9,16H,4,8H2,1-3H3,(H,17,20). The van der Waals surface area contributed by atoms with Crippen molar-refractivity contribution in [1.82, 2.24) is 20.1 Å². The van der Waals surface area contributed by atoms with Gasteiger partial charge in [0.15, 0.2) is 5.16 Å². The van der Waals surface area contributed by atoms with Crippen molar-refractivity contribution in [3.63, 3.8) is 0 Å². The molecular weight excluding hydrogens is 291 g/mol. The summed E-state index contributed by atoms with van der Waals surface area (Å²) in [5, 5.41) is 10.3. The fourth-order valence-corrected chi connectivity index (χ4v) is 3.04. The molecule has 0 saturated heterocycles. The number of benzene rings is 1. The van der Waals surface area contributed by atoms with Gasteiger partial charge in [0.2, 0.25) is 0 Å². The summed E-state index contributed by atoms with van der Waals surface area (Å²) in [7, 11) is 0. The van der Waals surface area contributed by atoms with E-state index in [2.05, 4.69) is 15.5 Å². The van der Waals surface area contributed by atoms with E-state index in [1.54, 1.807) is 10.6 Å². The van der Waals surface area contributed by atoms with Crippen LogP contribution in [0.2, 0.25) is 0 Å². The lowest BCUT2D eigenvalue weighted by Gasteiger charge is -2.12. The largest absolute Gasteiger partial charge is 0.344 e. The van der Waals surface area contributed by atoms with Gasteiger partial charge in [-0.25, -0.2) is 14.3 Å². The number of aromatic nitrogens is 3. The summed E-state index contributed by atoms with van der Waals surface area (Å²) in [6.45, 7) is 7.22. The van der Waals surface area contributed by atoms with Crippen molar-refractivity contribution < 1.29 is 4.39 Å². The maximum Gasteiger partial charge on any atom is 0.344 e. The van der Waals surface area contributed by atoms with Crippen molar-refractivity contribution in [2.75, 3.05) is 6.54 Å². The van der Waals surface area contributed by atoms with Crippen LogP contribution in [0.25, 0.3) is 0 Å². The first-order valence-electron chi connectivity index (χ1n) is 6.86. The number of hydrogen-bond donors (Lipinski definition) is 2. The van der Waals surface area contributed by atoms with Crippen LogP contribution < -0.4 is 11.0 Å². The Morgan fingerprint density at radius 3 is 2.90 bits per heavy atom. The number of nitrogens with zero attached hydrogens (tertiary/aromatic N) is 2. The van der Waals surface area contributed by atoms with E-state index in [9.17, 15) is 9.18 Å². The minimum absolute atomic E-state index is 0.0106. The van der Waals surface area contributed by atoms with Gasteiger partial charge < -0.3 is 5.32 Å². The van der Waals surface area contributed by atoms with Gasteiger partial charge in [-0.05, 0) is 55.9 Å². The van der Waals surface area contributed by atoms with E-state index in [4.69, 9.17) is 0 Å². The van der Waals surface area contributed by atoms with Crippen LogP contribution in [0.5, 0.6) is 0 Å². The third-order valence-electron chi connectivity index (χ3n) is 2.98. The molecule has 0 atom stereocenters. The SMILES string of the molecule is CCNCc1cc(F)ccc1Sc1n[nH]c(=O)n1C(C)C. The Morgan fingerprint density at radius 1 is 1.48 bits per heavy atom. The first-order valence-corrected chi connectivity index (χ1v) is 7.68. The minimum Gasteiger partial charge on any atom is -0.313 e. The average molecular weight is 310 g/mol. The van der Waals surface area contributed by atoms with E-state index in [0.717, 1.165) is 17.0 Å². The lowest BCUT2D eigenvalue weighted by Crippen LogP contribution is -2.19. The fourth-order valence-electron chi connectivity index (χ4n) is 1.96. The summed E-state index contributed by atoms with van der Waals surface area (Å²) >= 11 is 1.36. The second kappa shape index (κ2) is 6.91. The third-order valence-corrected chi connectivity index (χ3v) is 4.07. The molecule has 21 heavy (non-hydrogen) atoms. The Bertz CT molecular complexity index is 665. The lowest BCUT2D eigenvalue weighted by molar-refractivity contribution is 0.534. The quantitative estimate of drug-likeness (QED) is 0.861. The Hall–Kier alpha value is -1.60. The average Bonchev–Trinajstić information content (AvgIpc) is 2.80. The molecule has 2 rings (SSSR count). The summed E-state index contributed by atoms with van der Waals surface area (Å²) in [6, 6.07) is 4.66. The van der Waals surface area contributed by atoms with E-state index in [1.807, 2.05) is 20.8 Å². The van der Waals surface area contributed by atoms with Crippen molar-refractivity contribution in [2.24, 2.45) is 0 Å². The first kappa shape index (κ1) is 15.8. The van der Waals surface area contributed by atoms with Crippen molar-refractivity contribution in [3.05, 3.63) is 40.1 Å². The van der Waals surface area contributed by atoms with Gasteiger partial charge in [-0.15, -0.1) is 5.10 Å². The zero-order chi connectivity index (χ0) is 15.4. The van der Waals surface area contributed by atoms with E-state index in [0.29, 0.717) is 11.7 Å². The van der Waals surface area contributed by atoms with Crippen LogP contribution in [0.15, 0.2) is 33.0 Å². The molecule has 114 valence electrons. The highest BCUT2D eigenvalue weighted by molar-refractivity contribution is 7.99. The number of nitrogens with one attached hydrogen (secondary N) is 2. The monoisotopic (exact) mass is 310 g/mol. The van der Waals surface area contributed by atoms with Crippen molar-refractivity contribution in [2.45, 2.75) is 43.4 Å². The van der Waals surface area contributed by atoms with Gasteiger partial charge in [-0.2, -0.15) is 0 Å². The second-order valence-electron chi connectivity index (χ2n) is 4.91. The Kier molecular flexibility index (Phi) is 5.19. The molecule has 0 spiro atoms. The second-order valence-corrected chi connectivity index (χ2v) is 5.92.